The second kappa shape index (κ2) is 5.91. The van der Waals surface area contributed by atoms with Gasteiger partial charge in [-0.2, -0.15) is 0 Å². The molecule has 0 saturated carbocycles. The minimum Gasteiger partial charge on any atom is -0.487 e. The first kappa shape index (κ1) is 13.6. The second-order valence-electron chi connectivity index (χ2n) is 3.79. The number of rotatable bonds is 4. The molecule has 0 N–H and O–H groups in total. The van der Waals surface area contributed by atoms with Crippen molar-refractivity contribution in [1.82, 2.24) is 0 Å². The summed E-state index contributed by atoms with van der Waals surface area (Å²) in [5.41, 5.74) is 0.864. The molecule has 6 heteroatoms. The van der Waals surface area contributed by atoms with Gasteiger partial charge in [0.15, 0.2) is 0 Å². The first-order chi connectivity index (χ1) is 9.06. The molecule has 0 aliphatic carbocycles. The maximum absolute atomic E-state index is 10.6. The zero-order chi connectivity index (χ0) is 13.8. The fourth-order valence-electron chi connectivity index (χ4n) is 1.46. The largest absolute Gasteiger partial charge is 0.487 e. The highest BCUT2D eigenvalue weighted by Gasteiger charge is 2.10. The molecule has 19 heavy (non-hydrogen) atoms. The summed E-state index contributed by atoms with van der Waals surface area (Å²) in [7, 11) is 0. The van der Waals surface area contributed by atoms with Crippen LogP contribution in [0.2, 0.25) is 10.0 Å². The van der Waals surface area contributed by atoms with Crippen LogP contribution in [0.5, 0.6) is 5.75 Å². The van der Waals surface area contributed by atoms with Crippen molar-refractivity contribution >= 4 is 28.9 Å². The van der Waals surface area contributed by atoms with Crippen molar-refractivity contribution in [3.05, 3.63) is 68.2 Å². The maximum Gasteiger partial charge on any atom is 0.271 e. The summed E-state index contributed by atoms with van der Waals surface area (Å²) in [6, 6.07) is 11.3. The van der Waals surface area contributed by atoms with Gasteiger partial charge in [-0.3, -0.25) is 10.1 Å². The van der Waals surface area contributed by atoms with Crippen LogP contribution in [0, 0.1) is 10.1 Å². The minimum atomic E-state index is -0.505. The molecule has 0 heterocycles. The van der Waals surface area contributed by atoms with Gasteiger partial charge < -0.3 is 4.74 Å². The minimum absolute atomic E-state index is 0.0659. The summed E-state index contributed by atoms with van der Waals surface area (Å²) in [6.07, 6.45) is 0. The van der Waals surface area contributed by atoms with Gasteiger partial charge in [0.25, 0.3) is 5.69 Å². The Labute approximate surface area is 119 Å². The Morgan fingerprint density at radius 2 is 1.79 bits per heavy atom. The van der Waals surface area contributed by atoms with Gasteiger partial charge in [-0.1, -0.05) is 35.3 Å². The fourth-order valence-corrected chi connectivity index (χ4v) is 1.82. The summed E-state index contributed by atoms with van der Waals surface area (Å²) in [6.45, 7) is 0.314. The molecular formula is C13H9Cl2NO3. The molecule has 0 atom stereocenters. The molecule has 0 fully saturated rings. The molecule has 2 rings (SSSR count). The predicted molar refractivity (Wildman–Crippen MR) is 73.9 cm³/mol. The summed E-state index contributed by atoms with van der Waals surface area (Å²) in [4.78, 5) is 10.1. The van der Waals surface area contributed by atoms with E-state index in [0.717, 1.165) is 5.56 Å². The molecule has 0 amide bonds. The van der Waals surface area contributed by atoms with Gasteiger partial charge in [-0.25, -0.2) is 0 Å². The van der Waals surface area contributed by atoms with Crippen molar-refractivity contribution in [2.24, 2.45) is 0 Å². The van der Waals surface area contributed by atoms with E-state index < -0.39 is 4.92 Å². The molecule has 0 aromatic heterocycles. The van der Waals surface area contributed by atoms with Crippen LogP contribution in [0.1, 0.15) is 5.56 Å². The van der Waals surface area contributed by atoms with Crippen molar-refractivity contribution < 1.29 is 9.66 Å². The highest BCUT2D eigenvalue weighted by Crippen LogP contribution is 2.29. The van der Waals surface area contributed by atoms with E-state index in [1.54, 1.807) is 12.1 Å². The number of ether oxygens (including phenoxy) is 1. The number of hydrogen-bond donors (Lipinski definition) is 0. The molecular weight excluding hydrogens is 289 g/mol. The number of nitro groups is 1. The van der Waals surface area contributed by atoms with Crippen LogP contribution in [0.4, 0.5) is 5.69 Å². The number of hydrogen-bond acceptors (Lipinski definition) is 3. The zero-order valence-corrected chi connectivity index (χ0v) is 11.2. The van der Waals surface area contributed by atoms with Crippen molar-refractivity contribution in [2.45, 2.75) is 6.61 Å². The Kier molecular flexibility index (Phi) is 4.24. The number of nitrogens with zero attached hydrogens (tertiary/aromatic N) is 1. The summed E-state index contributed by atoms with van der Waals surface area (Å²) < 4.78 is 5.50. The Morgan fingerprint density at radius 1 is 1.11 bits per heavy atom. The lowest BCUT2D eigenvalue weighted by Gasteiger charge is -2.07. The molecule has 0 spiro atoms. The quantitative estimate of drug-likeness (QED) is 0.617. The van der Waals surface area contributed by atoms with E-state index in [1.807, 2.05) is 12.1 Å². The van der Waals surface area contributed by atoms with Crippen molar-refractivity contribution in [3.8, 4) is 5.75 Å². The van der Waals surface area contributed by atoms with E-state index in [1.165, 1.54) is 18.2 Å². The van der Waals surface area contributed by atoms with Crippen LogP contribution >= 0.6 is 23.2 Å². The molecule has 0 aliphatic rings. The second-order valence-corrected chi connectivity index (χ2v) is 4.63. The maximum atomic E-state index is 10.6. The fraction of sp³-hybridized carbons (Fsp3) is 0.0769. The highest BCUT2D eigenvalue weighted by molar-refractivity contribution is 6.32. The molecule has 0 bridgehead atoms. The Bertz CT molecular complexity index is 599. The standard InChI is InChI=1S/C13H9Cl2NO3/c14-10-3-1-9(2-4-10)8-19-13-6-5-11(16(17)18)7-12(13)15/h1-7H,8H2. The predicted octanol–water partition coefficient (Wildman–Crippen LogP) is 4.48. The van der Waals surface area contributed by atoms with E-state index in [2.05, 4.69) is 0 Å². The van der Waals surface area contributed by atoms with Crippen LogP contribution in [0.3, 0.4) is 0 Å². The van der Waals surface area contributed by atoms with Crippen molar-refractivity contribution in [1.29, 1.82) is 0 Å². The van der Waals surface area contributed by atoms with E-state index in [4.69, 9.17) is 27.9 Å². The third-order valence-electron chi connectivity index (χ3n) is 2.43. The summed E-state index contributed by atoms with van der Waals surface area (Å²) in [5, 5.41) is 11.4. The molecule has 0 aliphatic heterocycles. The molecule has 2 aromatic carbocycles. The van der Waals surface area contributed by atoms with Crippen molar-refractivity contribution in [2.75, 3.05) is 0 Å². The molecule has 0 radical (unpaired) electrons. The summed E-state index contributed by atoms with van der Waals surface area (Å²) in [5.74, 6) is 0.405. The van der Waals surface area contributed by atoms with Gasteiger partial charge in [0.2, 0.25) is 0 Å². The SMILES string of the molecule is O=[N+]([O-])c1ccc(OCc2ccc(Cl)cc2)c(Cl)c1. The molecule has 98 valence electrons. The van der Waals surface area contributed by atoms with Gasteiger partial charge in [-0.05, 0) is 23.8 Å². The number of halogens is 2. The first-order valence-electron chi connectivity index (χ1n) is 5.37. The number of nitro benzene ring substituents is 1. The van der Waals surface area contributed by atoms with Gasteiger partial charge >= 0.3 is 0 Å². The Hall–Kier alpha value is -1.78. The highest BCUT2D eigenvalue weighted by atomic mass is 35.5. The topological polar surface area (TPSA) is 52.4 Å². The van der Waals surface area contributed by atoms with Crippen LogP contribution in [0.25, 0.3) is 0 Å². The van der Waals surface area contributed by atoms with E-state index >= 15 is 0 Å². The lowest BCUT2D eigenvalue weighted by molar-refractivity contribution is -0.384. The van der Waals surface area contributed by atoms with Crippen molar-refractivity contribution in [3.63, 3.8) is 0 Å². The van der Waals surface area contributed by atoms with E-state index in [-0.39, 0.29) is 10.7 Å². The van der Waals surface area contributed by atoms with Gasteiger partial charge in [0, 0.05) is 17.2 Å². The Balaban J connectivity index is 2.07. The lowest BCUT2D eigenvalue weighted by atomic mass is 10.2. The summed E-state index contributed by atoms with van der Waals surface area (Å²) >= 11 is 11.7. The number of benzene rings is 2. The van der Waals surface area contributed by atoms with Crippen LogP contribution < -0.4 is 4.74 Å². The van der Waals surface area contributed by atoms with Gasteiger partial charge in [0.05, 0.1) is 9.95 Å². The molecule has 4 nitrogen and oxygen atoms in total. The van der Waals surface area contributed by atoms with Gasteiger partial charge in [0.1, 0.15) is 12.4 Å². The zero-order valence-electron chi connectivity index (χ0n) is 9.68. The lowest BCUT2D eigenvalue weighted by Crippen LogP contribution is -1.96. The van der Waals surface area contributed by atoms with Crippen LogP contribution in [-0.4, -0.2) is 4.92 Å². The third-order valence-corrected chi connectivity index (χ3v) is 2.98. The smallest absolute Gasteiger partial charge is 0.271 e. The Morgan fingerprint density at radius 3 is 2.37 bits per heavy atom. The average molecular weight is 298 g/mol. The van der Waals surface area contributed by atoms with Crippen LogP contribution in [0.15, 0.2) is 42.5 Å². The molecule has 0 unspecified atom stereocenters. The van der Waals surface area contributed by atoms with E-state index in [0.29, 0.717) is 17.4 Å². The normalized spacial score (nSPS) is 10.2. The first-order valence-corrected chi connectivity index (χ1v) is 6.13. The number of non-ortho nitro benzene ring substituents is 1. The van der Waals surface area contributed by atoms with Gasteiger partial charge in [-0.15, -0.1) is 0 Å². The average Bonchev–Trinajstić information content (AvgIpc) is 2.39. The monoisotopic (exact) mass is 297 g/mol. The molecule has 2 aromatic rings. The van der Waals surface area contributed by atoms with Crippen LogP contribution in [-0.2, 0) is 6.61 Å². The van der Waals surface area contributed by atoms with E-state index in [9.17, 15) is 10.1 Å². The molecule has 0 saturated heterocycles. The third kappa shape index (κ3) is 3.59.